The summed E-state index contributed by atoms with van der Waals surface area (Å²) in [7, 11) is 0. The third-order valence-corrected chi connectivity index (χ3v) is 5.00. The summed E-state index contributed by atoms with van der Waals surface area (Å²) < 4.78 is 0. The maximum atomic E-state index is 11.1. The summed E-state index contributed by atoms with van der Waals surface area (Å²) >= 11 is 1.68. The minimum atomic E-state index is -0.433. The van der Waals surface area contributed by atoms with E-state index >= 15 is 0 Å². The van der Waals surface area contributed by atoms with Crippen molar-refractivity contribution in [3.8, 4) is 10.6 Å². The third-order valence-electron chi connectivity index (χ3n) is 4.06. The molecule has 0 aliphatic carbocycles. The Kier molecular flexibility index (Phi) is 5.38. The average Bonchev–Trinajstić information content (AvgIpc) is 3.23. The standard InChI is InChI=1S/C17H21N3O2S/c21-11-16(22)18-8-13-6-7-20(9-13)10-15-12-23-17(19-15)14-4-2-1-3-5-14/h1-5,12-13,21H,6-11H2,(H,18,22). The van der Waals surface area contributed by atoms with Crippen LogP contribution in [0.15, 0.2) is 35.7 Å². The number of aromatic nitrogens is 1. The fraction of sp³-hybridized carbons (Fsp3) is 0.412. The van der Waals surface area contributed by atoms with Crippen molar-refractivity contribution in [1.82, 2.24) is 15.2 Å². The van der Waals surface area contributed by atoms with Gasteiger partial charge in [-0.1, -0.05) is 30.3 Å². The molecule has 0 spiro atoms. The lowest BCUT2D eigenvalue weighted by atomic mass is 10.1. The van der Waals surface area contributed by atoms with Gasteiger partial charge in [-0.2, -0.15) is 0 Å². The van der Waals surface area contributed by atoms with Crippen molar-refractivity contribution >= 4 is 17.2 Å². The van der Waals surface area contributed by atoms with Crippen molar-refractivity contribution in [3.05, 3.63) is 41.4 Å². The Morgan fingerprint density at radius 3 is 3.00 bits per heavy atom. The van der Waals surface area contributed by atoms with Crippen LogP contribution < -0.4 is 5.32 Å². The van der Waals surface area contributed by atoms with Crippen LogP contribution in [0.2, 0.25) is 0 Å². The number of benzene rings is 1. The number of rotatable bonds is 6. The zero-order valence-electron chi connectivity index (χ0n) is 12.9. The molecule has 5 nitrogen and oxygen atoms in total. The first kappa shape index (κ1) is 16.1. The molecule has 2 N–H and O–H groups in total. The van der Waals surface area contributed by atoms with E-state index in [0.717, 1.165) is 42.3 Å². The number of aliphatic hydroxyl groups excluding tert-OH is 1. The highest BCUT2D eigenvalue weighted by Crippen LogP contribution is 2.25. The quantitative estimate of drug-likeness (QED) is 0.846. The van der Waals surface area contributed by atoms with Crippen molar-refractivity contribution in [2.75, 3.05) is 26.2 Å². The number of nitrogens with one attached hydrogen (secondary N) is 1. The molecular formula is C17H21N3O2S. The lowest BCUT2D eigenvalue weighted by Gasteiger charge is -2.14. The molecule has 1 saturated heterocycles. The molecule has 6 heteroatoms. The Morgan fingerprint density at radius 2 is 2.22 bits per heavy atom. The molecule has 2 aromatic rings. The number of carbonyl (C=O) groups excluding carboxylic acids is 1. The number of hydrogen-bond donors (Lipinski definition) is 2. The Morgan fingerprint density at radius 1 is 1.39 bits per heavy atom. The summed E-state index contributed by atoms with van der Waals surface area (Å²) in [5.41, 5.74) is 2.27. The lowest BCUT2D eigenvalue weighted by Crippen LogP contribution is -2.32. The number of nitrogens with zero attached hydrogens (tertiary/aromatic N) is 2. The number of thiazole rings is 1. The highest BCUT2D eigenvalue weighted by Gasteiger charge is 2.23. The van der Waals surface area contributed by atoms with Crippen LogP contribution in [-0.4, -0.2) is 47.1 Å². The van der Waals surface area contributed by atoms with Gasteiger partial charge in [-0.3, -0.25) is 9.69 Å². The molecule has 0 bridgehead atoms. The van der Waals surface area contributed by atoms with Crippen LogP contribution in [0.3, 0.4) is 0 Å². The van der Waals surface area contributed by atoms with Gasteiger partial charge in [0.1, 0.15) is 11.6 Å². The second kappa shape index (κ2) is 7.68. The van der Waals surface area contributed by atoms with E-state index in [-0.39, 0.29) is 5.91 Å². The fourth-order valence-electron chi connectivity index (χ4n) is 2.86. The topological polar surface area (TPSA) is 65.5 Å². The number of likely N-dealkylation sites (tertiary alicyclic amines) is 1. The molecular weight excluding hydrogens is 310 g/mol. The fourth-order valence-corrected chi connectivity index (χ4v) is 3.68. The number of carbonyl (C=O) groups is 1. The molecule has 1 atom stereocenters. The van der Waals surface area contributed by atoms with Crippen molar-refractivity contribution < 1.29 is 9.90 Å². The Balaban J connectivity index is 1.51. The zero-order valence-corrected chi connectivity index (χ0v) is 13.8. The minimum Gasteiger partial charge on any atom is -0.387 e. The van der Waals surface area contributed by atoms with E-state index < -0.39 is 6.61 Å². The minimum absolute atomic E-state index is 0.296. The second-order valence-electron chi connectivity index (χ2n) is 5.86. The van der Waals surface area contributed by atoms with Gasteiger partial charge in [-0.15, -0.1) is 11.3 Å². The SMILES string of the molecule is O=C(CO)NCC1CCN(Cc2csc(-c3ccccc3)n2)C1. The van der Waals surface area contributed by atoms with E-state index in [0.29, 0.717) is 12.5 Å². The summed E-state index contributed by atoms with van der Waals surface area (Å²) in [5, 5.41) is 14.7. The number of amides is 1. The van der Waals surface area contributed by atoms with E-state index in [2.05, 4.69) is 27.7 Å². The zero-order chi connectivity index (χ0) is 16.1. The summed E-state index contributed by atoms with van der Waals surface area (Å²) in [6.45, 7) is 3.05. The Bertz CT molecular complexity index is 644. The first-order valence-corrected chi connectivity index (χ1v) is 8.72. The van der Waals surface area contributed by atoms with Crippen LogP contribution in [-0.2, 0) is 11.3 Å². The molecule has 0 saturated carbocycles. The third kappa shape index (κ3) is 4.37. The summed E-state index contributed by atoms with van der Waals surface area (Å²) in [5.74, 6) is 0.160. The van der Waals surface area contributed by atoms with Gasteiger partial charge in [0.25, 0.3) is 0 Å². The van der Waals surface area contributed by atoms with Gasteiger partial charge in [0.2, 0.25) is 5.91 Å². The maximum absolute atomic E-state index is 11.1. The maximum Gasteiger partial charge on any atom is 0.245 e. The first-order chi connectivity index (χ1) is 11.2. The van der Waals surface area contributed by atoms with Crippen LogP contribution in [0.5, 0.6) is 0 Å². The van der Waals surface area contributed by atoms with Crippen LogP contribution in [0, 0.1) is 5.92 Å². The monoisotopic (exact) mass is 331 g/mol. The van der Waals surface area contributed by atoms with Crippen molar-refractivity contribution in [2.24, 2.45) is 5.92 Å². The van der Waals surface area contributed by atoms with Gasteiger partial charge in [-0.25, -0.2) is 4.98 Å². The molecule has 1 aromatic carbocycles. The van der Waals surface area contributed by atoms with E-state index in [1.807, 2.05) is 18.2 Å². The first-order valence-electron chi connectivity index (χ1n) is 7.84. The van der Waals surface area contributed by atoms with Crippen LogP contribution >= 0.6 is 11.3 Å². The van der Waals surface area contributed by atoms with Crippen LogP contribution in [0.1, 0.15) is 12.1 Å². The van der Waals surface area contributed by atoms with Crippen LogP contribution in [0.25, 0.3) is 10.6 Å². The molecule has 1 aliphatic heterocycles. The largest absolute Gasteiger partial charge is 0.387 e. The molecule has 1 aromatic heterocycles. The van der Waals surface area contributed by atoms with Gasteiger partial charge in [0, 0.05) is 30.6 Å². The highest BCUT2D eigenvalue weighted by atomic mass is 32.1. The predicted octanol–water partition coefficient (Wildman–Crippen LogP) is 1.74. The van der Waals surface area contributed by atoms with E-state index in [4.69, 9.17) is 10.1 Å². The van der Waals surface area contributed by atoms with Gasteiger partial charge in [0.05, 0.1) is 5.69 Å². The number of aliphatic hydroxyl groups is 1. The molecule has 122 valence electrons. The van der Waals surface area contributed by atoms with Crippen molar-refractivity contribution in [2.45, 2.75) is 13.0 Å². The van der Waals surface area contributed by atoms with Gasteiger partial charge in [0.15, 0.2) is 0 Å². The smallest absolute Gasteiger partial charge is 0.245 e. The Labute approximate surface area is 140 Å². The normalized spacial score (nSPS) is 18.2. The average molecular weight is 331 g/mol. The second-order valence-corrected chi connectivity index (χ2v) is 6.72. The molecule has 0 radical (unpaired) electrons. The molecule has 1 fully saturated rings. The highest BCUT2D eigenvalue weighted by molar-refractivity contribution is 7.13. The van der Waals surface area contributed by atoms with Crippen LogP contribution in [0.4, 0.5) is 0 Å². The lowest BCUT2D eigenvalue weighted by molar-refractivity contribution is -0.123. The van der Waals surface area contributed by atoms with E-state index in [1.165, 1.54) is 0 Å². The van der Waals surface area contributed by atoms with E-state index in [9.17, 15) is 4.79 Å². The molecule has 1 aliphatic rings. The van der Waals surface area contributed by atoms with Gasteiger partial charge >= 0.3 is 0 Å². The van der Waals surface area contributed by atoms with Crippen molar-refractivity contribution in [3.63, 3.8) is 0 Å². The van der Waals surface area contributed by atoms with Gasteiger partial charge < -0.3 is 10.4 Å². The summed E-state index contributed by atoms with van der Waals surface area (Å²) in [6.07, 6.45) is 1.07. The van der Waals surface area contributed by atoms with Crippen molar-refractivity contribution in [1.29, 1.82) is 0 Å². The molecule has 1 amide bonds. The summed E-state index contributed by atoms with van der Waals surface area (Å²) in [6, 6.07) is 10.2. The van der Waals surface area contributed by atoms with Gasteiger partial charge in [-0.05, 0) is 18.9 Å². The summed E-state index contributed by atoms with van der Waals surface area (Å²) in [4.78, 5) is 18.2. The predicted molar refractivity (Wildman–Crippen MR) is 91.0 cm³/mol. The van der Waals surface area contributed by atoms with E-state index in [1.54, 1.807) is 11.3 Å². The molecule has 2 heterocycles. The molecule has 3 rings (SSSR count). The number of hydrogen-bond acceptors (Lipinski definition) is 5. The molecule has 23 heavy (non-hydrogen) atoms. The molecule has 1 unspecified atom stereocenters. The Hall–Kier alpha value is -1.76.